The Labute approximate surface area is 174 Å². The second-order valence-corrected chi connectivity index (χ2v) is 6.29. The van der Waals surface area contributed by atoms with Gasteiger partial charge in [-0.1, -0.05) is 12.1 Å². The van der Waals surface area contributed by atoms with E-state index < -0.39 is 36.0 Å². The number of amides is 2. The number of nitrogens with zero attached hydrogens (tertiary/aromatic N) is 1. The van der Waals surface area contributed by atoms with Gasteiger partial charge in [0, 0.05) is 25.2 Å². The van der Waals surface area contributed by atoms with Crippen molar-refractivity contribution < 1.29 is 47.3 Å². The highest BCUT2D eigenvalue weighted by atomic mass is 19.4. The molecule has 0 aromatic heterocycles. The van der Waals surface area contributed by atoms with Crippen molar-refractivity contribution in [2.45, 2.75) is 25.1 Å². The van der Waals surface area contributed by atoms with E-state index >= 15 is 0 Å². The quantitative estimate of drug-likeness (QED) is 0.471. The predicted molar refractivity (Wildman–Crippen MR) is 100 cm³/mol. The van der Waals surface area contributed by atoms with Crippen LogP contribution in [0.2, 0.25) is 0 Å². The van der Waals surface area contributed by atoms with Crippen LogP contribution in [-0.2, 0) is 19.1 Å². The van der Waals surface area contributed by atoms with Gasteiger partial charge in [-0.05, 0) is 18.6 Å². The lowest BCUT2D eigenvalue weighted by molar-refractivity contribution is -0.192. The third kappa shape index (κ3) is 8.90. The van der Waals surface area contributed by atoms with Gasteiger partial charge in [-0.2, -0.15) is 13.2 Å². The van der Waals surface area contributed by atoms with E-state index in [1.54, 1.807) is 12.1 Å². The minimum absolute atomic E-state index is 0.0455. The van der Waals surface area contributed by atoms with Gasteiger partial charge in [0.1, 0.15) is 6.04 Å². The first-order valence-corrected chi connectivity index (χ1v) is 8.97. The van der Waals surface area contributed by atoms with Crippen molar-refractivity contribution in [3.05, 3.63) is 29.8 Å². The Morgan fingerprint density at radius 1 is 1.13 bits per heavy atom. The van der Waals surface area contributed by atoms with Gasteiger partial charge < -0.3 is 30.9 Å². The molecule has 0 bridgehead atoms. The van der Waals surface area contributed by atoms with Crippen molar-refractivity contribution >= 4 is 29.4 Å². The molecule has 5 N–H and O–H groups in total. The number of aliphatic carboxylic acids is 2. The SMILES string of the molecule is NC(=O)CC[C@H](NC(=O)c1ccccc1N1CCOCC1)C(=O)O.O=C(O)C(F)(F)F. The summed E-state index contributed by atoms with van der Waals surface area (Å²) in [5.74, 6) is -5.06. The van der Waals surface area contributed by atoms with Crippen LogP contribution in [-0.4, -0.2) is 72.5 Å². The first kappa shape index (κ1) is 25.7. The second kappa shape index (κ2) is 11.7. The molecule has 1 aliphatic rings. The molecule has 0 saturated carbocycles. The van der Waals surface area contributed by atoms with Crippen LogP contribution in [0.5, 0.6) is 0 Å². The van der Waals surface area contributed by atoms with Crippen molar-refractivity contribution in [3.63, 3.8) is 0 Å². The molecule has 13 heteroatoms. The summed E-state index contributed by atoms with van der Waals surface area (Å²) in [6, 6.07) is 5.84. The van der Waals surface area contributed by atoms with Crippen LogP contribution in [0.1, 0.15) is 23.2 Å². The summed E-state index contributed by atoms with van der Waals surface area (Å²) in [4.78, 5) is 45.6. The van der Waals surface area contributed by atoms with E-state index in [9.17, 15) is 32.7 Å². The summed E-state index contributed by atoms with van der Waals surface area (Å²) >= 11 is 0. The van der Waals surface area contributed by atoms with Crippen molar-refractivity contribution in [2.24, 2.45) is 5.73 Å². The lowest BCUT2D eigenvalue weighted by atomic mass is 10.1. The van der Waals surface area contributed by atoms with Crippen LogP contribution in [0.25, 0.3) is 0 Å². The molecule has 2 rings (SSSR count). The molecule has 1 fully saturated rings. The average molecular weight is 449 g/mol. The summed E-state index contributed by atoms with van der Waals surface area (Å²) in [6.45, 7) is 2.47. The number of carbonyl (C=O) groups is 4. The number of morpholine rings is 1. The van der Waals surface area contributed by atoms with Crippen LogP contribution in [0.3, 0.4) is 0 Å². The lowest BCUT2D eigenvalue weighted by Crippen LogP contribution is -2.42. The lowest BCUT2D eigenvalue weighted by Gasteiger charge is -2.30. The molecule has 0 aliphatic carbocycles. The van der Waals surface area contributed by atoms with Gasteiger partial charge in [0.25, 0.3) is 5.91 Å². The van der Waals surface area contributed by atoms with Crippen molar-refractivity contribution in [2.75, 3.05) is 31.2 Å². The highest BCUT2D eigenvalue weighted by Gasteiger charge is 2.38. The number of primary amides is 1. The first-order valence-electron chi connectivity index (χ1n) is 8.97. The normalized spacial score (nSPS) is 14.6. The fraction of sp³-hybridized carbons (Fsp3) is 0.444. The van der Waals surface area contributed by atoms with Crippen LogP contribution < -0.4 is 16.0 Å². The van der Waals surface area contributed by atoms with E-state index in [1.165, 1.54) is 0 Å². The number of carbonyl (C=O) groups excluding carboxylic acids is 2. The number of benzene rings is 1. The molecule has 2 amide bonds. The van der Waals surface area contributed by atoms with Gasteiger partial charge >= 0.3 is 18.1 Å². The van der Waals surface area contributed by atoms with Crippen molar-refractivity contribution in [1.82, 2.24) is 5.32 Å². The summed E-state index contributed by atoms with van der Waals surface area (Å²) in [6.07, 6.45) is -5.24. The number of alkyl halides is 3. The average Bonchev–Trinajstić information content (AvgIpc) is 2.71. The Kier molecular flexibility index (Phi) is 9.73. The number of para-hydroxylation sites is 1. The molecule has 1 aromatic rings. The molecule has 1 atom stereocenters. The number of carboxylic acids is 2. The Morgan fingerprint density at radius 3 is 2.16 bits per heavy atom. The molecule has 172 valence electrons. The predicted octanol–water partition coefficient (Wildman–Crippen LogP) is 0.605. The molecular weight excluding hydrogens is 427 g/mol. The maximum absolute atomic E-state index is 12.5. The molecule has 1 heterocycles. The number of carboxylic acid groups (broad SMARTS) is 2. The highest BCUT2D eigenvalue weighted by molar-refractivity contribution is 6.01. The minimum atomic E-state index is -5.08. The Balaban J connectivity index is 0.000000592. The zero-order valence-corrected chi connectivity index (χ0v) is 16.2. The van der Waals surface area contributed by atoms with E-state index in [-0.39, 0.29) is 12.8 Å². The Morgan fingerprint density at radius 2 is 1.68 bits per heavy atom. The van der Waals surface area contributed by atoms with Crippen LogP contribution in [0, 0.1) is 0 Å². The number of hydrogen-bond acceptors (Lipinski definition) is 6. The standard InChI is InChI=1S/C16H21N3O5.C2HF3O2/c17-14(20)6-5-12(16(22)23)18-15(21)11-3-1-2-4-13(11)19-7-9-24-10-8-19;3-2(4,5)1(6)7/h1-4,12H,5-10H2,(H2,17,20)(H,18,21)(H,22,23);(H,6,7)/t12-;/m0./s1. The molecule has 0 unspecified atom stereocenters. The number of hydrogen-bond donors (Lipinski definition) is 4. The van der Waals surface area contributed by atoms with Crippen LogP contribution >= 0.6 is 0 Å². The fourth-order valence-electron chi connectivity index (χ4n) is 2.53. The number of nitrogens with two attached hydrogens (primary N) is 1. The Bertz CT molecular complexity index is 796. The van der Waals surface area contributed by atoms with Gasteiger partial charge in [-0.3, -0.25) is 9.59 Å². The number of anilines is 1. The van der Waals surface area contributed by atoms with E-state index in [0.29, 0.717) is 31.9 Å². The summed E-state index contributed by atoms with van der Waals surface area (Å²) in [5, 5.41) is 18.8. The molecule has 1 aliphatic heterocycles. The molecule has 31 heavy (non-hydrogen) atoms. The summed E-state index contributed by atoms with van der Waals surface area (Å²) in [7, 11) is 0. The second-order valence-electron chi connectivity index (χ2n) is 6.29. The van der Waals surface area contributed by atoms with Crippen molar-refractivity contribution in [1.29, 1.82) is 0 Å². The largest absolute Gasteiger partial charge is 0.490 e. The number of rotatable bonds is 7. The molecule has 10 nitrogen and oxygen atoms in total. The number of ether oxygens (including phenoxy) is 1. The highest BCUT2D eigenvalue weighted by Crippen LogP contribution is 2.21. The third-order valence-corrected chi connectivity index (χ3v) is 4.03. The van der Waals surface area contributed by atoms with Crippen molar-refractivity contribution in [3.8, 4) is 0 Å². The smallest absolute Gasteiger partial charge is 0.480 e. The molecule has 0 radical (unpaired) electrons. The monoisotopic (exact) mass is 449 g/mol. The van der Waals surface area contributed by atoms with E-state index in [2.05, 4.69) is 5.32 Å². The summed E-state index contributed by atoms with van der Waals surface area (Å²) in [5.41, 5.74) is 6.17. The third-order valence-electron chi connectivity index (χ3n) is 4.03. The van der Waals surface area contributed by atoms with E-state index in [0.717, 1.165) is 5.69 Å². The number of nitrogens with one attached hydrogen (secondary N) is 1. The fourth-order valence-corrected chi connectivity index (χ4v) is 2.53. The molecule has 1 saturated heterocycles. The van der Waals surface area contributed by atoms with E-state index in [1.807, 2.05) is 17.0 Å². The first-order chi connectivity index (χ1) is 14.4. The van der Waals surface area contributed by atoms with Gasteiger partial charge in [-0.25, -0.2) is 9.59 Å². The molecule has 1 aromatic carbocycles. The minimum Gasteiger partial charge on any atom is -0.480 e. The van der Waals surface area contributed by atoms with Crippen LogP contribution in [0.4, 0.5) is 18.9 Å². The van der Waals surface area contributed by atoms with Gasteiger partial charge in [0.15, 0.2) is 0 Å². The maximum atomic E-state index is 12.5. The maximum Gasteiger partial charge on any atom is 0.490 e. The number of halogens is 3. The zero-order chi connectivity index (χ0) is 23.6. The molecular formula is C18H22F3N3O7. The summed E-state index contributed by atoms with van der Waals surface area (Å²) < 4.78 is 37.0. The van der Waals surface area contributed by atoms with Gasteiger partial charge in [0.05, 0.1) is 18.8 Å². The molecule has 0 spiro atoms. The van der Waals surface area contributed by atoms with Crippen LogP contribution in [0.15, 0.2) is 24.3 Å². The van der Waals surface area contributed by atoms with Gasteiger partial charge in [0.2, 0.25) is 5.91 Å². The zero-order valence-electron chi connectivity index (χ0n) is 16.2. The topological polar surface area (TPSA) is 159 Å². The Hall–Kier alpha value is -3.35. The van der Waals surface area contributed by atoms with Gasteiger partial charge in [-0.15, -0.1) is 0 Å². The van der Waals surface area contributed by atoms with E-state index in [4.69, 9.17) is 20.4 Å².